The Balaban J connectivity index is 2.46. The van der Waals surface area contributed by atoms with E-state index in [1.807, 2.05) is 27.7 Å². The van der Waals surface area contributed by atoms with Gasteiger partial charge in [-0.1, -0.05) is 13.8 Å². The average Bonchev–Trinajstić information content (AvgIpc) is 2.70. The highest BCUT2D eigenvalue weighted by atomic mass is 32.2. The van der Waals surface area contributed by atoms with E-state index in [9.17, 15) is 4.21 Å². The molecular formula is C14H20N4OS. The maximum Gasteiger partial charge on any atom is 0.146 e. The predicted octanol–water partition coefficient (Wildman–Crippen LogP) is 2.37. The summed E-state index contributed by atoms with van der Waals surface area (Å²) in [6, 6.07) is 2.16. The molecule has 2 rings (SSSR count). The van der Waals surface area contributed by atoms with Crippen molar-refractivity contribution in [1.29, 1.82) is 5.26 Å². The van der Waals surface area contributed by atoms with Crippen LogP contribution < -0.4 is 5.32 Å². The summed E-state index contributed by atoms with van der Waals surface area (Å²) in [5, 5.41) is 12.2. The number of aryl methyl sites for hydroxylation is 1. The molecule has 1 unspecified atom stereocenters. The van der Waals surface area contributed by atoms with Gasteiger partial charge in [0.25, 0.3) is 0 Å². The molecule has 1 aliphatic rings. The Morgan fingerprint density at radius 2 is 2.15 bits per heavy atom. The number of nitriles is 1. The van der Waals surface area contributed by atoms with E-state index in [2.05, 4.69) is 21.4 Å². The van der Waals surface area contributed by atoms with Gasteiger partial charge in [0.05, 0.1) is 29.0 Å². The molecule has 5 nitrogen and oxygen atoms in total. The second-order valence-electron chi connectivity index (χ2n) is 6.00. The molecule has 1 N–H and O–H groups in total. The fourth-order valence-electron chi connectivity index (χ4n) is 2.12. The van der Waals surface area contributed by atoms with Crippen LogP contribution in [-0.2, 0) is 17.2 Å². The van der Waals surface area contributed by atoms with Crippen molar-refractivity contribution >= 4 is 16.6 Å². The minimum atomic E-state index is -1.04. The average molecular weight is 292 g/mol. The normalized spacial score (nSPS) is 17.9. The topological polar surface area (TPSA) is 78.7 Å². The minimum absolute atomic E-state index is 0.217. The lowest BCUT2D eigenvalue weighted by Gasteiger charge is -2.25. The third-order valence-electron chi connectivity index (χ3n) is 3.20. The van der Waals surface area contributed by atoms with Crippen molar-refractivity contribution in [1.82, 2.24) is 9.97 Å². The third kappa shape index (κ3) is 2.98. The molecule has 20 heavy (non-hydrogen) atoms. The summed E-state index contributed by atoms with van der Waals surface area (Å²) in [6.45, 7) is 7.96. The van der Waals surface area contributed by atoms with Gasteiger partial charge in [0.1, 0.15) is 16.5 Å². The summed E-state index contributed by atoms with van der Waals surface area (Å²) in [5.74, 6) is 2.22. The molecule has 0 fully saturated rings. The molecule has 0 spiro atoms. The first-order valence-corrected chi connectivity index (χ1v) is 8.10. The van der Waals surface area contributed by atoms with Crippen molar-refractivity contribution in [2.24, 2.45) is 0 Å². The summed E-state index contributed by atoms with van der Waals surface area (Å²) in [7, 11) is -1.04. The van der Waals surface area contributed by atoms with Crippen LogP contribution in [0.3, 0.4) is 0 Å². The monoisotopic (exact) mass is 292 g/mol. The van der Waals surface area contributed by atoms with E-state index in [1.165, 1.54) is 0 Å². The van der Waals surface area contributed by atoms with E-state index >= 15 is 0 Å². The lowest BCUT2D eigenvalue weighted by Crippen LogP contribution is -2.31. The van der Waals surface area contributed by atoms with Gasteiger partial charge in [0, 0.05) is 23.6 Å². The summed E-state index contributed by atoms with van der Waals surface area (Å²) in [4.78, 5) is 9.79. The number of hydrogen-bond donors (Lipinski definition) is 1. The molecule has 1 atom stereocenters. The van der Waals surface area contributed by atoms with Crippen molar-refractivity contribution in [3.63, 3.8) is 0 Å². The van der Waals surface area contributed by atoms with E-state index in [0.717, 1.165) is 22.8 Å². The largest absolute Gasteiger partial charge is 0.363 e. The molecule has 0 radical (unpaired) electrons. The smallest absolute Gasteiger partial charge is 0.146 e. The number of nitrogens with one attached hydrogen (secondary N) is 1. The first kappa shape index (κ1) is 14.9. The molecule has 0 bridgehead atoms. The van der Waals surface area contributed by atoms with Crippen molar-refractivity contribution in [2.45, 2.75) is 56.9 Å². The van der Waals surface area contributed by atoms with Crippen LogP contribution >= 0.6 is 0 Å². The molecule has 1 aromatic heterocycles. The number of hydrogen-bond acceptors (Lipinski definition) is 5. The van der Waals surface area contributed by atoms with Gasteiger partial charge in [-0.15, -0.1) is 0 Å². The van der Waals surface area contributed by atoms with Gasteiger partial charge >= 0.3 is 0 Å². The highest BCUT2D eigenvalue weighted by Crippen LogP contribution is 2.31. The van der Waals surface area contributed by atoms with E-state index in [1.54, 1.807) is 0 Å². The second-order valence-corrected chi connectivity index (χ2v) is 7.51. The van der Waals surface area contributed by atoms with Crippen molar-refractivity contribution in [2.75, 3.05) is 11.1 Å². The van der Waals surface area contributed by atoms with Crippen LogP contribution in [0.1, 0.15) is 51.6 Å². The predicted molar refractivity (Wildman–Crippen MR) is 79.0 cm³/mol. The van der Waals surface area contributed by atoms with E-state index in [0.29, 0.717) is 18.0 Å². The second kappa shape index (κ2) is 5.49. The molecule has 108 valence electrons. The Bertz CT molecular complexity index is 590. The van der Waals surface area contributed by atoms with E-state index in [-0.39, 0.29) is 5.92 Å². The Hall–Kier alpha value is -1.48. The number of nitrogens with zero attached hydrogens (tertiary/aromatic N) is 3. The fourth-order valence-corrected chi connectivity index (χ4v) is 3.43. The van der Waals surface area contributed by atoms with Gasteiger partial charge in [0.2, 0.25) is 0 Å². The molecule has 6 heteroatoms. The van der Waals surface area contributed by atoms with Gasteiger partial charge in [-0.3, -0.25) is 4.21 Å². The molecule has 0 amide bonds. The molecule has 1 aliphatic heterocycles. The van der Waals surface area contributed by atoms with Gasteiger partial charge < -0.3 is 5.32 Å². The SMILES string of the molecule is CC(C)c1nc2c(c(NC(C)(C)CC#N)n1)S(=O)CC2. The van der Waals surface area contributed by atoms with Crippen LogP contribution in [0.15, 0.2) is 4.90 Å². The first-order chi connectivity index (χ1) is 9.34. The van der Waals surface area contributed by atoms with Crippen molar-refractivity contribution in [3.8, 4) is 6.07 Å². The number of anilines is 1. The molecule has 0 saturated heterocycles. The maximum absolute atomic E-state index is 12.1. The molecular weight excluding hydrogens is 272 g/mol. The third-order valence-corrected chi connectivity index (χ3v) is 4.66. The highest BCUT2D eigenvalue weighted by molar-refractivity contribution is 7.85. The Labute approximate surface area is 122 Å². The zero-order chi connectivity index (χ0) is 14.9. The number of fused-ring (bicyclic) bond motifs is 1. The fraction of sp³-hybridized carbons (Fsp3) is 0.643. The summed E-state index contributed by atoms with van der Waals surface area (Å²) >= 11 is 0. The van der Waals surface area contributed by atoms with Crippen LogP contribution in [0.2, 0.25) is 0 Å². The standard InChI is InChI=1S/C14H20N4OS/c1-9(2)12-16-10-5-8-20(19)11(10)13(17-12)18-14(3,4)6-7-15/h9H,5-6,8H2,1-4H3,(H,16,17,18). The molecule has 2 heterocycles. The first-order valence-electron chi connectivity index (χ1n) is 6.78. The van der Waals surface area contributed by atoms with E-state index < -0.39 is 16.3 Å². The van der Waals surface area contributed by atoms with Gasteiger partial charge in [-0.05, 0) is 13.8 Å². The number of rotatable bonds is 4. The Morgan fingerprint density at radius 3 is 2.75 bits per heavy atom. The van der Waals surface area contributed by atoms with Crippen LogP contribution in [0, 0.1) is 11.3 Å². The molecule has 0 saturated carbocycles. The minimum Gasteiger partial charge on any atom is -0.363 e. The highest BCUT2D eigenvalue weighted by Gasteiger charge is 2.29. The van der Waals surface area contributed by atoms with E-state index in [4.69, 9.17) is 5.26 Å². The Morgan fingerprint density at radius 1 is 1.45 bits per heavy atom. The number of aromatic nitrogens is 2. The van der Waals surface area contributed by atoms with Gasteiger partial charge in [0.15, 0.2) is 0 Å². The zero-order valence-corrected chi connectivity index (χ0v) is 13.2. The lowest BCUT2D eigenvalue weighted by atomic mass is 10.0. The summed E-state index contributed by atoms with van der Waals surface area (Å²) in [5.41, 5.74) is 0.482. The lowest BCUT2D eigenvalue weighted by molar-refractivity contribution is 0.574. The zero-order valence-electron chi connectivity index (χ0n) is 12.4. The van der Waals surface area contributed by atoms with Crippen LogP contribution in [0.25, 0.3) is 0 Å². The van der Waals surface area contributed by atoms with Gasteiger partial charge in [-0.2, -0.15) is 5.26 Å². The summed E-state index contributed by atoms with van der Waals surface area (Å²) in [6.07, 6.45) is 1.09. The summed E-state index contributed by atoms with van der Waals surface area (Å²) < 4.78 is 12.1. The van der Waals surface area contributed by atoms with Crippen LogP contribution in [0.5, 0.6) is 0 Å². The molecule has 0 aromatic carbocycles. The quantitative estimate of drug-likeness (QED) is 0.921. The van der Waals surface area contributed by atoms with Crippen molar-refractivity contribution in [3.05, 3.63) is 11.5 Å². The van der Waals surface area contributed by atoms with Crippen molar-refractivity contribution < 1.29 is 4.21 Å². The molecule has 1 aromatic rings. The van der Waals surface area contributed by atoms with Gasteiger partial charge in [-0.25, -0.2) is 9.97 Å². The van der Waals surface area contributed by atoms with Crippen LogP contribution in [0.4, 0.5) is 5.82 Å². The maximum atomic E-state index is 12.1. The Kier molecular flexibility index (Phi) is 4.09. The molecule has 0 aliphatic carbocycles. The van der Waals surface area contributed by atoms with Crippen LogP contribution in [-0.4, -0.2) is 25.5 Å².